The van der Waals surface area contributed by atoms with E-state index in [0.717, 1.165) is 12.0 Å². The van der Waals surface area contributed by atoms with Crippen LogP contribution in [0.1, 0.15) is 42.1 Å². The van der Waals surface area contributed by atoms with Crippen LogP contribution < -0.4 is 10.2 Å². The minimum atomic E-state index is -0.723. The minimum Gasteiger partial charge on any atom is -0.452 e. The topological polar surface area (TPSA) is 92.8 Å². The number of ether oxygens (including phenoxy) is 1. The van der Waals surface area contributed by atoms with Crippen molar-refractivity contribution >= 4 is 46.7 Å². The van der Waals surface area contributed by atoms with Gasteiger partial charge in [-0.05, 0) is 68.0 Å². The first kappa shape index (κ1) is 23.0. The maximum Gasteiger partial charge on any atom is 0.338 e. The molecular formula is C25H25ClN2O5. The van der Waals surface area contributed by atoms with E-state index < -0.39 is 18.5 Å². The van der Waals surface area contributed by atoms with Gasteiger partial charge >= 0.3 is 5.97 Å². The molecule has 0 bridgehead atoms. The SMILES string of the molecule is Cc1ccc(NC(=O)COC(=O)c2cccc(N3C(=O)[C@H]4C[C@@H](C)CC[C@H]4C3=O)c2)cc1Cl. The van der Waals surface area contributed by atoms with Crippen LogP contribution in [0.25, 0.3) is 0 Å². The van der Waals surface area contributed by atoms with E-state index in [-0.39, 0.29) is 29.2 Å². The van der Waals surface area contributed by atoms with Crippen molar-refractivity contribution in [2.75, 3.05) is 16.8 Å². The number of carbonyl (C=O) groups excluding carboxylic acids is 4. The van der Waals surface area contributed by atoms with E-state index in [9.17, 15) is 19.2 Å². The largest absolute Gasteiger partial charge is 0.452 e. The van der Waals surface area contributed by atoms with Crippen molar-refractivity contribution in [1.82, 2.24) is 0 Å². The monoisotopic (exact) mass is 468 g/mol. The maximum atomic E-state index is 12.9. The first-order valence-electron chi connectivity index (χ1n) is 11.0. The summed E-state index contributed by atoms with van der Waals surface area (Å²) in [5.74, 6) is -1.83. The fraction of sp³-hybridized carbons (Fsp3) is 0.360. The number of hydrogen-bond acceptors (Lipinski definition) is 5. The van der Waals surface area contributed by atoms with Crippen LogP contribution in [0.2, 0.25) is 5.02 Å². The molecule has 4 rings (SSSR count). The Balaban J connectivity index is 1.40. The average Bonchev–Trinajstić information content (AvgIpc) is 3.04. The van der Waals surface area contributed by atoms with Gasteiger partial charge in [-0.1, -0.05) is 30.7 Å². The van der Waals surface area contributed by atoms with E-state index in [1.54, 1.807) is 30.3 Å². The first-order chi connectivity index (χ1) is 15.7. The molecule has 2 fully saturated rings. The molecule has 7 nitrogen and oxygen atoms in total. The van der Waals surface area contributed by atoms with Crippen LogP contribution in [0.15, 0.2) is 42.5 Å². The lowest BCUT2D eigenvalue weighted by Crippen LogP contribution is -2.31. The molecule has 3 atom stereocenters. The van der Waals surface area contributed by atoms with E-state index in [4.69, 9.17) is 16.3 Å². The lowest BCUT2D eigenvalue weighted by atomic mass is 9.76. The molecule has 1 aliphatic heterocycles. The second-order valence-corrected chi connectivity index (χ2v) is 9.19. The van der Waals surface area contributed by atoms with Gasteiger partial charge in [0.2, 0.25) is 11.8 Å². The van der Waals surface area contributed by atoms with E-state index in [0.29, 0.717) is 35.2 Å². The third-order valence-corrected chi connectivity index (χ3v) is 6.72. The number of amides is 3. The van der Waals surface area contributed by atoms with Crippen molar-refractivity contribution in [3.05, 3.63) is 58.6 Å². The summed E-state index contributed by atoms with van der Waals surface area (Å²) in [4.78, 5) is 51.7. The predicted octanol–water partition coefficient (Wildman–Crippen LogP) is 4.37. The zero-order valence-electron chi connectivity index (χ0n) is 18.5. The van der Waals surface area contributed by atoms with Crippen molar-refractivity contribution in [3.8, 4) is 0 Å². The molecule has 1 aliphatic carbocycles. The summed E-state index contributed by atoms with van der Waals surface area (Å²) in [5, 5.41) is 3.13. The smallest absolute Gasteiger partial charge is 0.338 e. The fourth-order valence-electron chi connectivity index (χ4n) is 4.50. The third-order valence-electron chi connectivity index (χ3n) is 6.32. The number of anilines is 2. The van der Waals surface area contributed by atoms with E-state index in [2.05, 4.69) is 12.2 Å². The Labute approximate surface area is 197 Å². The van der Waals surface area contributed by atoms with Crippen LogP contribution in [-0.4, -0.2) is 30.3 Å². The molecule has 3 amide bonds. The highest BCUT2D eigenvalue weighted by molar-refractivity contribution is 6.31. The molecule has 2 aromatic carbocycles. The Morgan fingerprint density at radius 3 is 2.61 bits per heavy atom. The van der Waals surface area contributed by atoms with Gasteiger partial charge in [-0.3, -0.25) is 19.3 Å². The Morgan fingerprint density at radius 1 is 1.09 bits per heavy atom. The molecule has 1 N–H and O–H groups in total. The Kier molecular flexibility index (Phi) is 6.51. The molecule has 1 heterocycles. The summed E-state index contributed by atoms with van der Waals surface area (Å²) in [6, 6.07) is 11.3. The number of hydrogen-bond donors (Lipinski definition) is 1. The molecule has 0 spiro atoms. The van der Waals surface area contributed by atoms with Gasteiger partial charge in [0.25, 0.3) is 5.91 Å². The lowest BCUT2D eigenvalue weighted by molar-refractivity contribution is -0.122. The third kappa shape index (κ3) is 4.78. The van der Waals surface area contributed by atoms with Crippen molar-refractivity contribution in [1.29, 1.82) is 0 Å². The second-order valence-electron chi connectivity index (χ2n) is 8.78. The summed E-state index contributed by atoms with van der Waals surface area (Å²) >= 11 is 6.05. The number of carbonyl (C=O) groups is 4. The van der Waals surface area contributed by atoms with Gasteiger partial charge in [-0.15, -0.1) is 0 Å². The van der Waals surface area contributed by atoms with Crippen LogP contribution in [-0.2, 0) is 19.1 Å². The van der Waals surface area contributed by atoms with Crippen LogP contribution in [0.5, 0.6) is 0 Å². The number of nitrogens with zero attached hydrogens (tertiary/aromatic N) is 1. The zero-order valence-corrected chi connectivity index (χ0v) is 19.2. The Morgan fingerprint density at radius 2 is 1.85 bits per heavy atom. The number of esters is 1. The number of halogens is 1. The number of aryl methyl sites for hydroxylation is 1. The molecule has 1 saturated carbocycles. The molecule has 0 unspecified atom stereocenters. The molecule has 1 saturated heterocycles. The van der Waals surface area contributed by atoms with Crippen molar-refractivity contribution in [3.63, 3.8) is 0 Å². The summed E-state index contributed by atoms with van der Waals surface area (Å²) in [5.41, 5.74) is 1.88. The number of rotatable bonds is 5. The maximum absolute atomic E-state index is 12.9. The average molecular weight is 469 g/mol. The first-order valence-corrected chi connectivity index (χ1v) is 11.3. The molecule has 2 aliphatic rings. The highest BCUT2D eigenvalue weighted by atomic mass is 35.5. The van der Waals surface area contributed by atoms with Gasteiger partial charge in [-0.2, -0.15) is 0 Å². The summed E-state index contributed by atoms with van der Waals surface area (Å²) < 4.78 is 5.12. The predicted molar refractivity (Wildman–Crippen MR) is 124 cm³/mol. The van der Waals surface area contributed by atoms with Crippen LogP contribution in [0, 0.1) is 24.7 Å². The number of benzene rings is 2. The van der Waals surface area contributed by atoms with Crippen LogP contribution >= 0.6 is 11.6 Å². The van der Waals surface area contributed by atoms with E-state index >= 15 is 0 Å². The highest BCUT2D eigenvalue weighted by Gasteiger charge is 2.50. The number of nitrogens with one attached hydrogen (secondary N) is 1. The summed E-state index contributed by atoms with van der Waals surface area (Å²) in [7, 11) is 0. The van der Waals surface area contributed by atoms with E-state index in [1.807, 2.05) is 6.92 Å². The van der Waals surface area contributed by atoms with Gasteiger partial charge in [-0.25, -0.2) is 4.79 Å². The normalized spacial score (nSPS) is 22.2. The van der Waals surface area contributed by atoms with Crippen molar-refractivity contribution < 1.29 is 23.9 Å². The standard InChI is InChI=1S/C25H25ClN2O5/c1-14-6-9-19-20(10-14)24(31)28(23(19)30)18-5-3-4-16(11-18)25(32)33-13-22(29)27-17-8-7-15(2)21(26)12-17/h3-5,7-8,11-12,14,19-20H,6,9-10,13H2,1-2H3,(H,27,29)/t14-,19+,20-/m0/s1. The molecule has 0 aromatic heterocycles. The van der Waals surface area contributed by atoms with Gasteiger partial charge in [0.15, 0.2) is 6.61 Å². The van der Waals surface area contributed by atoms with Gasteiger partial charge < -0.3 is 10.1 Å². The van der Waals surface area contributed by atoms with E-state index in [1.165, 1.54) is 17.0 Å². The molecule has 172 valence electrons. The molecule has 8 heteroatoms. The van der Waals surface area contributed by atoms with Gasteiger partial charge in [0.1, 0.15) is 0 Å². The quantitative estimate of drug-likeness (QED) is 0.519. The molecular weight excluding hydrogens is 444 g/mol. The minimum absolute atomic E-state index is 0.155. The number of fused-ring (bicyclic) bond motifs is 1. The molecule has 33 heavy (non-hydrogen) atoms. The van der Waals surface area contributed by atoms with Gasteiger partial charge in [0, 0.05) is 10.7 Å². The van der Waals surface area contributed by atoms with Crippen LogP contribution in [0.3, 0.4) is 0 Å². The van der Waals surface area contributed by atoms with Crippen molar-refractivity contribution in [2.45, 2.75) is 33.1 Å². The van der Waals surface area contributed by atoms with Crippen LogP contribution in [0.4, 0.5) is 11.4 Å². The molecule has 2 aromatic rings. The fourth-order valence-corrected chi connectivity index (χ4v) is 4.68. The Hall–Kier alpha value is -3.19. The second kappa shape index (κ2) is 9.35. The van der Waals surface area contributed by atoms with Gasteiger partial charge in [0.05, 0.1) is 23.1 Å². The number of imide groups is 1. The highest BCUT2D eigenvalue weighted by Crippen LogP contribution is 2.42. The van der Waals surface area contributed by atoms with Crippen molar-refractivity contribution in [2.24, 2.45) is 17.8 Å². The summed E-state index contributed by atoms with van der Waals surface area (Å²) in [6.07, 6.45) is 2.34. The summed E-state index contributed by atoms with van der Waals surface area (Å²) in [6.45, 7) is 3.45. The Bertz CT molecular complexity index is 1130. The molecule has 0 radical (unpaired) electrons. The zero-order chi connectivity index (χ0) is 23.7. The lowest BCUT2D eigenvalue weighted by Gasteiger charge is -2.25.